The molecule has 0 aromatic heterocycles. The monoisotopic (exact) mass is 392 g/mol. The maximum atomic E-state index is 12.1. The van der Waals surface area contributed by atoms with Gasteiger partial charge in [0.25, 0.3) is 5.91 Å². The lowest BCUT2D eigenvalue weighted by Gasteiger charge is -2.12. The van der Waals surface area contributed by atoms with Crippen LogP contribution in [0.1, 0.15) is 15.9 Å². The average molecular weight is 393 g/mol. The summed E-state index contributed by atoms with van der Waals surface area (Å²) in [6.07, 6.45) is 0. The van der Waals surface area contributed by atoms with Crippen LogP contribution in [0.15, 0.2) is 89.9 Å². The molecule has 0 saturated carbocycles. The van der Waals surface area contributed by atoms with E-state index in [1.165, 1.54) is 0 Å². The van der Waals surface area contributed by atoms with Crippen LogP contribution in [0, 0.1) is 0 Å². The summed E-state index contributed by atoms with van der Waals surface area (Å²) in [5.74, 6) is -0.219. The first kappa shape index (κ1) is 17.0. The predicted molar refractivity (Wildman–Crippen MR) is 106 cm³/mol. The molecule has 3 aromatic carbocycles. The van der Waals surface area contributed by atoms with Gasteiger partial charge in [-0.2, -0.15) is 0 Å². The van der Waals surface area contributed by atoms with Gasteiger partial charge < -0.3 is 0 Å². The van der Waals surface area contributed by atoms with Crippen LogP contribution < -0.4 is 10.9 Å². The number of carbonyl (C=O) groups excluding carboxylic acids is 1. The maximum Gasteiger partial charge on any atom is 0.269 e. The molecule has 0 aliphatic carbocycles. The van der Waals surface area contributed by atoms with E-state index in [1.807, 2.05) is 54.6 Å². The van der Waals surface area contributed by atoms with Gasteiger partial charge in [0.2, 0.25) is 0 Å². The van der Waals surface area contributed by atoms with E-state index in [0.29, 0.717) is 11.3 Å². The van der Waals surface area contributed by atoms with Gasteiger partial charge in [-0.1, -0.05) is 83.2 Å². The number of hydrogen-bond acceptors (Lipinski definition) is 2. The summed E-state index contributed by atoms with van der Waals surface area (Å²) >= 11 is 3.36. The van der Waals surface area contributed by atoms with Crippen molar-refractivity contribution in [2.24, 2.45) is 0 Å². The second-order valence-corrected chi connectivity index (χ2v) is 6.43. The zero-order valence-corrected chi connectivity index (χ0v) is 15.1. The Morgan fingerprint density at radius 2 is 1.44 bits per heavy atom. The number of carbonyl (C=O) groups is 1. The van der Waals surface area contributed by atoms with Crippen molar-refractivity contribution in [2.75, 3.05) is 0 Å². The molecular formula is C21H17BrN2O. The van der Waals surface area contributed by atoms with Crippen LogP contribution in [0.2, 0.25) is 0 Å². The minimum absolute atomic E-state index is 0.219. The normalized spacial score (nSPS) is 10.1. The minimum Gasteiger partial charge on any atom is -0.298 e. The van der Waals surface area contributed by atoms with E-state index in [2.05, 4.69) is 45.5 Å². The Morgan fingerprint density at radius 1 is 0.760 bits per heavy atom. The fraction of sp³-hybridized carbons (Fsp3) is 0. The summed E-state index contributed by atoms with van der Waals surface area (Å²) in [5, 5.41) is 0. The second-order valence-electron chi connectivity index (χ2n) is 5.51. The van der Waals surface area contributed by atoms with Crippen LogP contribution >= 0.6 is 15.9 Å². The van der Waals surface area contributed by atoms with Crippen molar-refractivity contribution in [3.05, 3.63) is 101 Å². The Morgan fingerprint density at radius 3 is 2.12 bits per heavy atom. The number of nitrogens with one attached hydrogen (secondary N) is 2. The molecule has 0 fully saturated rings. The Bertz CT molecular complexity index is 889. The highest BCUT2D eigenvalue weighted by Gasteiger charge is 2.06. The van der Waals surface area contributed by atoms with Crippen molar-refractivity contribution < 1.29 is 4.79 Å². The van der Waals surface area contributed by atoms with Gasteiger partial charge in [-0.3, -0.25) is 15.6 Å². The lowest BCUT2D eigenvalue weighted by atomic mass is 10.0. The summed E-state index contributed by atoms with van der Waals surface area (Å²) in [6.45, 7) is 3.98. The van der Waals surface area contributed by atoms with Gasteiger partial charge in [-0.05, 0) is 34.9 Å². The smallest absolute Gasteiger partial charge is 0.269 e. The molecule has 4 heteroatoms. The van der Waals surface area contributed by atoms with Crippen molar-refractivity contribution in [3.63, 3.8) is 0 Å². The van der Waals surface area contributed by atoms with Crippen molar-refractivity contribution in [1.29, 1.82) is 0 Å². The summed E-state index contributed by atoms with van der Waals surface area (Å²) in [4.78, 5) is 12.1. The first-order valence-electron chi connectivity index (χ1n) is 7.80. The number of amides is 1. The summed E-state index contributed by atoms with van der Waals surface area (Å²) in [6, 6.07) is 25.4. The minimum atomic E-state index is -0.219. The Kier molecular flexibility index (Phi) is 5.31. The third kappa shape index (κ3) is 4.37. The molecule has 3 rings (SSSR count). The van der Waals surface area contributed by atoms with Crippen molar-refractivity contribution >= 4 is 27.5 Å². The standard InChI is InChI=1S/C21H17BrN2O/c1-15(23-24-21(25)19-8-5-9-20(22)14-19)16-10-12-18(13-11-16)17-6-3-2-4-7-17/h2-14,23H,1H2,(H,24,25). The van der Waals surface area contributed by atoms with Gasteiger partial charge in [-0.15, -0.1) is 0 Å². The molecule has 0 atom stereocenters. The first-order chi connectivity index (χ1) is 12.1. The van der Waals surface area contributed by atoms with Crippen LogP contribution in [0.4, 0.5) is 0 Å². The zero-order chi connectivity index (χ0) is 17.6. The molecule has 0 unspecified atom stereocenters. The average Bonchev–Trinajstić information content (AvgIpc) is 2.66. The van der Waals surface area contributed by atoms with Crippen molar-refractivity contribution in [2.45, 2.75) is 0 Å². The van der Waals surface area contributed by atoms with E-state index in [0.717, 1.165) is 21.2 Å². The third-order valence-corrected chi connectivity index (χ3v) is 4.25. The van der Waals surface area contributed by atoms with Crippen molar-refractivity contribution in [3.8, 4) is 11.1 Å². The molecule has 3 nitrogen and oxygen atoms in total. The van der Waals surface area contributed by atoms with Crippen LogP contribution in [-0.2, 0) is 0 Å². The van der Waals surface area contributed by atoms with E-state index >= 15 is 0 Å². The lowest BCUT2D eigenvalue weighted by molar-refractivity contribution is 0.0942. The van der Waals surface area contributed by atoms with E-state index in [9.17, 15) is 4.79 Å². The quantitative estimate of drug-likeness (QED) is 0.598. The lowest BCUT2D eigenvalue weighted by Crippen LogP contribution is -2.35. The Balaban J connectivity index is 1.63. The third-order valence-electron chi connectivity index (χ3n) is 3.75. The molecule has 3 aromatic rings. The summed E-state index contributed by atoms with van der Waals surface area (Å²) < 4.78 is 0.857. The van der Waals surface area contributed by atoms with Gasteiger partial charge in [0.1, 0.15) is 0 Å². The molecule has 0 bridgehead atoms. The molecule has 0 heterocycles. The van der Waals surface area contributed by atoms with Crippen LogP contribution in [0.25, 0.3) is 16.8 Å². The largest absolute Gasteiger partial charge is 0.298 e. The molecule has 0 aliphatic rings. The Labute approximate surface area is 155 Å². The highest BCUT2D eigenvalue weighted by molar-refractivity contribution is 9.10. The van der Waals surface area contributed by atoms with Crippen molar-refractivity contribution in [1.82, 2.24) is 10.9 Å². The van der Waals surface area contributed by atoms with Gasteiger partial charge in [0.15, 0.2) is 0 Å². The SMILES string of the molecule is C=C(NNC(=O)c1cccc(Br)c1)c1ccc(-c2ccccc2)cc1. The highest BCUT2D eigenvalue weighted by Crippen LogP contribution is 2.21. The molecular weight excluding hydrogens is 376 g/mol. The van der Waals surface area contributed by atoms with Gasteiger partial charge in [0.05, 0.1) is 5.70 Å². The molecule has 124 valence electrons. The van der Waals surface area contributed by atoms with Gasteiger partial charge >= 0.3 is 0 Å². The van der Waals surface area contributed by atoms with E-state index in [-0.39, 0.29) is 5.91 Å². The maximum absolute atomic E-state index is 12.1. The van der Waals surface area contributed by atoms with Crippen LogP contribution in [-0.4, -0.2) is 5.91 Å². The second kappa shape index (κ2) is 7.81. The van der Waals surface area contributed by atoms with E-state index < -0.39 is 0 Å². The molecule has 0 aliphatic heterocycles. The number of hydrazine groups is 1. The number of rotatable bonds is 5. The summed E-state index contributed by atoms with van der Waals surface area (Å²) in [5.41, 5.74) is 9.93. The zero-order valence-electron chi connectivity index (χ0n) is 13.5. The van der Waals surface area contributed by atoms with E-state index in [1.54, 1.807) is 12.1 Å². The highest BCUT2D eigenvalue weighted by atomic mass is 79.9. The predicted octanol–water partition coefficient (Wildman–Crippen LogP) is 5.02. The number of halogens is 1. The van der Waals surface area contributed by atoms with E-state index in [4.69, 9.17) is 0 Å². The molecule has 1 amide bonds. The molecule has 0 spiro atoms. The van der Waals surface area contributed by atoms with Gasteiger partial charge in [-0.25, -0.2) is 0 Å². The Hall–Kier alpha value is -2.85. The summed E-state index contributed by atoms with van der Waals surface area (Å²) in [7, 11) is 0. The topological polar surface area (TPSA) is 41.1 Å². The molecule has 0 saturated heterocycles. The molecule has 2 N–H and O–H groups in total. The number of benzene rings is 3. The molecule has 0 radical (unpaired) electrons. The number of hydrogen-bond donors (Lipinski definition) is 2. The van der Waals surface area contributed by atoms with Gasteiger partial charge in [0, 0.05) is 10.0 Å². The fourth-order valence-corrected chi connectivity index (χ4v) is 2.80. The fourth-order valence-electron chi connectivity index (χ4n) is 2.40. The first-order valence-corrected chi connectivity index (χ1v) is 8.59. The van der Waals surface area contributed by atoms with Crippen LogP contribution in [0.3, 0.4) is 0 Å². The molecule has 25 heavy (non-hydrogen) atoms. The van der Waals surface area contributed by atoms with Crippen LogP contribution in [0.5, 0.6) is 0 Å².